The molecule has 0 saturated carbocycles. The Labute approximate surface area is 219 Å². The fraction of sp³-hybridized carbons (Fsp3) is 0.156. The molecule has 38 heavy (non-hydrogen) atoms. The summed E-state index contributed by atoms with van der Waals surface area (Å²) in [6.45, 7) is 4.55. The molecule has 0 aliphatic rings. The minimum Gasteiger partial charge on any atom is -0.494 e. The fourth-order valence-electron chi connectivity index (χ4n) is 4.31. The third kappa shape index (κ3) is 5.16. The summed E-state index contributed by atoms with van der Waals surface area (Å²) < 4.78 is 46.3. The molecule has 0 bridgehead atoms. The molecule has 0 saturated heterocycles. The summed E-state index contributed by atoms with van der Waals surface area (Å²) in [6, 6.07) is 24.3. The van der Waals surface area contributed by atoms with Gasteiger partial charge >= 0.3 is 5.63 Å². The number of hydrogen-bond donors (Lipinski definition) is 0. The first-order valence-corrected chi connectivity index (χ1v) is 12.5. The van der Waals surface area contributed by atoms with Gasteiger partial charge in [-0.05, 0) is 59.7 Å². The van der Waals surface area contributed by atoms with Crippen LogP contribution < -0.4 is 15.1 Å². The zero-order chi connectivity index (χ0) is 26.6. The smallest absolute Gasteiger partial charge is 0.347 e. The van der Waals surface area contributed by atoms with Gasteiger partial charge in [0.25, 0.3) is 0 Å². The van der Waals surface area contributed by atoms with Crippen LogP contribution in [0.25, 0.3) is 33.2 Å². The molecule has 1 heterocycles. The van der Waals surface area contributed by atoms with Gasteiger partial charge in [-0.3, -0.25) is 0 Å². The number of aryl methyl sites for hydroxylation is 1. The van der Waals surface area contributed by atoms with Crippen molar-refractivity contribution in [3.8, 4) is 33.9 Å². The maximum atomic E-state index is 15.2. The average molecular weight is 513 g/mol. The van der Waals surface area contributed by atoms with E-state index in [2.05, 4.69) is 6.92 Å². The Kier molecular flexibility index (Phi) is 7.22. The van der Waals surface area contributed by atoms with Gasteiger partial charge in [0.15, 0.2) is 11.6 Å². The van der Waals surface area contributed by atoms with E-state index in [9.17, 15) is 9.18 Å². The second kappa shape index (κ2) is 10.9. The predicted octanol–water partition coefficient (Wildman–Crippen LogP) is 7.95. The van der Waals surface area contributed by atoms with E-state index in [0.29, 0.717) is 34.4 Å². The minimum absolute atomic E-state index is 0.0150. The van der Waals surface area contributed by atoms with Gasteiger partial charge in [-0.1, -0.05) is 61.5 Å². The van der Waals surface area contributed by atoms with Gasteiger partial charge in [0.1, 0.15) is 29.3 Å². The molecule has 4 nitrogen and oxygen atoms in total. The number of hydrogen-bond acceptors (Lipinski definition) is 4. The third-order valence-corrected chi connectivity index (χ3v) is 6.39. The van der Waals surface area contributed by atoms with Gasteiger partial charge in [-0.15, -0.1) is 0 Å². The molecule has 6 heteroatoms. The lowest BCUT2D eigenvalue weighted by Crippen LogP contribution is -2.05. The monoisotopic (exact) mass is 512 g/mol. The van der Waals surface area contributed by atoms with Gasteiger partial charge in [-0.2, -0.15) is 0 Å². The number of rotatable bonds is 8. The Hall–Kier alpha value is -4.45. The zero-order valence-electron chi connectivity index (χ0n) is 21.1. The molecule has 0 atom stereocenters. The van der Waals surface area contributed by atoms with E-state index in [1.807, 2.05) is 31.2 Å². The van der Waals surface area contributed by atoms with E-state index < -0.39 is 17.3 Å². The summed E-state index contributed by atoms with van der Waals surface area (Å²) in [5.41, 5.74) is 3.00. The van der Waals surface area contributed by atoms with Crippen LogP contribution in [0.5, 0.6) is 11.5 Å². The van der Waals surface area contributed by atoms with Crippen molar-refractivity contribution in [3.05, 3.63) is 118 Å². The van der Waals surface area contributed by atoms with Crippen molar-refractivity contribution in [2.24, 2.45) is 0 Å². The zero-order valence-corrected chi connectivity index (χ0v) is 21.1. The lowest BCUT2D eigenvalue weighted by atomic mass is 10.0. The highest BCUT2D eigenvalue weighted by Crippen LogP contribution is 2.31. The molecule has 0 radical (unpaired) electrons. The van der Waals surface area contributed by atoms with Gasteiger partial charge in [0.2, 0.25) is 0 Å². The van der Waals surface area contributed by atoms with Crippen molar-refractivity contribution in [1.82, 2.24) is 0 Å². The summed E-state index contributed by atoms with van der Waals surface area (Å²) in [4.78, 5) is 12.8. The highest BCUT2D eigenvalue weighted by Gasteiger charge is 2.16. The van der Waals surface area contributed by atoms with Gasteiger partial charge < -0.3 is 13.9 Å². The third-order valence-electron chi connectivity index (χ3n) is 6.39. The van der Waals surface area contributed by atoms with Crippen molar-refractivity contribution in [2.45, 2.75) is 26.9 Å². The van der Waals surface area contributed by atoms with E-state index in [1.54, 1.807) is 48.5 Å². The van der Waals surface area contributed by atoms with E-state index in [0.717, 1.165) is 12.0 Å². The van der Waals surface area contributed by atoms with Crippen molar-refractivity contribution in [1.29, 1.82) is 0 Å². The molecule has 0 unspecified atom stereocenters. The molecule has 0 aliphatic heterocycles. The normalized spacial score (nSPS) is 11.1. The molecule has 0 fully saturated rings. The summed E-state index contributed by atoms with van der Waals surface area (Å²) >= 11 is 0. The standard InChI is InChI=1S/C32H26F2O4/c1-3-20-5-7-21(8-6-20)19-37-28-16-13-24-17-29(38-32(35)30(24)31(28)34)23-11-9-22(10-12-23)26-15-14-25(36-4-2)18-27(26)33/h5-18H,3-4,19H2,1-2H3. The first kappa shape index (κ1) is 25.2. The Balaban J connectivity index is 1.39. The Morgan fingerprint density at radius 1 is 0.763 bits per heavy atom. The molecule has 4 aromatic carbocycles. The van der Waals surface area contributed by atoms with Crippen molar-refractivity contribution >= 4 is 10.8 Å². The van der Waals surface area contributed by atoms with Crippen LogP contribution in [0, 0.1) is 11.6 Å². The van der Waals surface area contributed by atoms with Crippen LogP contribution >= 0.6 is 0 Å². The molecular weight excluding hydrogens is 486 g/mol. The van der Waals surface area contributed by atoms with Crippen LogP contribution in [0.3, 0.4) is 0 Å². The average Bonchev–Trinajstić information content (AvgIpc) is 2.93. The molecule has 5 rings (SSSR count). The number of fused-ring (bicyclic) bond motifs is 1. The molecular formula is C32H26F2O4. The van der Waals surface area contributed by atoms with E-state index >= 15 is 4.39 Å². The maximum Gasteiger partial charge on any atom is 0.347 e. The van der Waals surface area contributed by atoms with E-state index in [1.165, 1.54) is 17.7 Å². The molecule has 0 aliphatic carbocycles. The number of ether oxygens (including phenoxy) is 2. The van der Waals surface area contributed by atoms with Crippen LogP contribution in [0.2, 0.25) is 0 Å². The minimum atomic E-state index is -0.797. The lowest BCUT2D eigenvalue weighted by Gasteiger charge is -2.10. The first-order valence-electron chi connectivity index (χ1n) is 12.5. The van der Waals surface area contributed by atoms with E-state index in [-0.39, 0.29) is 23.5 Å². The summed E-state index contributed by atoms with van der Waals surface area (Å²) in [6.07, 6.45) is 0.934. The van der Waals surface area contributed by atoms with Crippen LogP contribution in [0.15, 0.2) is 94.1 Å². The summed E-state index contributed by atoms with van der Waals surface area (Å²) in [5.74, 6) is -0.416. The largest absolute Gasteiger partial charge is 0.494 e. The number of halogens is 2. The molecule has 1 aromatic heterocycles. The first-order chi connectivity index (χ1) is 18.5. The Morgan fingerprint density at radius 2 is 1.47 bits per heavy atom. The quantitative estimate of drug-likeness (QED) is 0.212. The highest BCUT2D eigenvalue weighted by molar-refractivity contribution is 5.86. The molecule has 0 N–H and O–H groups in total. The second-order valence-corrected chi connectivity index (χ2v) is 8.85. The fourth-order valence-corrected chi connectivity index (χ4v) is 4.31. The van der Waals surface area contributed by atoms with E-state index in [4.69, 9.17) is 13.9 Å². The summed E-state index contributed by atoms with van der Waals surface area (Å²) in [5, 5.41) is 0.232. The number of benzene rings is 4. The SMILES string of the molecule is CCOc1ccc(-c2ccc(-c3cc4ccc(OCc5ccc(CC)cc5)c(F)c4c(=O)o3)cc2)c(F)c1. The lowest BCUT2D eigenvalue weighted by molar-refractivity contribution is 0.291. The van der Waals surface area contributed by atoms with Crippen LogP contribution in [0.4, 0.5) is 8.78 Å². The van der Waals surface area contributed by atoms with Crippen LogP contribution in [-0.4, -0.2) is 6.61 Å². The van der Waals surface area contributed by atoms with Gasteiger partial charge in [-0.25, -0.2) is 13.6 Å². The molecule has 5 aromatic rings. The summed E-state index contributed by atoms with van der Waals surface area (Å²) in [7, 11) is 0. The maximum absolute atomic E-state index is 15.2. The van der Waals surface area contributed by atoms with Gasteiger partial charge in [0, 0.05) is 17.2 Å². The molecule has 192 valence electrons. The Morgan fingerprint density at radius 3 is 2.16 bits per heavy atom. The van der Waals surface area contributed by atoms with Crippen molar-refractivity contribution < 1.29 is 22.7 Å². The molecule has 0 amide bonds. The van der Waals surface area contributed by atoms with Crippen LogP contribution in [0.1, 0.15) is 25.0 Å². The molecule has 0 spiro atoms. The van der Waals surface area contributed by atoms with Crippen molar-refractivity contribution in [3.63, 3.8) is 0 Å². The van der Waals surface area contributed by atoms with Gasteiger partial charge in [0.05, 0.1) is 6.61 Å². The Bertz CT molecular complexity index is 1640. The predicted molar refractivity (Wildman–Crippen MR) is 145 cm³/mol. The second-order valence-electron chi connectivity index (χ2n) is 8.85. The van der Waals surface area contributed by atoms with Crippen molar-refractivity contribution in [2.75, 3.05) is 6.61 Å². The van der Waals surface area contributed by atoms with Crippen LogP contribution in [-0.2, 0) is 13.0 Å². The topological polar surface area (TPSA) is 48.7 Å². The highest BCUT2D eigenvalue weighted by atomic mass is 19.1.